The van der Waals surface area contributed by atoms with Gasteiger partial charge in [0.1, 0.15) is 5.69 Å². The summed E-state index contributed by atoms with van der Waals surface area (Å²) in [6, 6.07) is 13.8. The van der Waals surface area contributed by atoms with Crippen LogP contribution in [0.3, 0.4) is 0 Å². The fraction of sp³-hybridized carbons (Fsp3) is 0.111. The number of benzene rings is 2. The van der Waals surface area contributed by atoms with Gasteiger partial charge >= 0.3 is 6.18 Å². The lowest BCUT2D eigenvalue weighted by Crippen LogP contribution is -2.16. The first-order valence-electron chi connectivity index (χ1n) is 7.92. The molecule has 0 saturated heterocycles. The van der Waals surface area contributed by atoms with Gasteiger partial charge in [-0.15, -0.1) is 0 Å². The van der Waals surface area contributed by atoms with Gasteiger partial charge < -0.3 is 5.32 Å². The Bertz CT molecular complexity index is 1110. The number of hydrogen-bond donors (Lipinski definition) is 1. The molecule has 28 heavy (non-hydrogen) atoms. The highest BCUT2D eigenvalue weighted by Gasteiger charge is 2.35. The van der Waals surface area contributed by atoms with Gasteiger partial charge in [0.05, 0.1) is 9.79 Å². The van der Waals surface area contributed by atoms with E-state index in [4.69, 9.17) is 0 Å². The summed E-state index contributed by atoms with van der Waals surface area (Å²) < 4.78 is 64.0. The van der Waals surface area contributed by atoms with E-state index in [0.29, 0.717) is 6.07 Å². The molecule has 1 N–H and O–H groups in total. The number of nitrogens with zero attached hydrogens (tertiary/aromatic N) is 2. The topological polar surface area (TPSA) is 81.1 Å². The van der Waals surface area contributed by atoms with Crippen LogP contribution in [0.2, 0.25) is 0 Å². The Balaban J connectivity index is 1.80. The molecule has 1 heterocycles. The Morgan fingerprint density at radius 1 is 1.00 bits per heavy atom. The van der Waals surface area contributed by atoms with Gasteiger partial charge in [0, 0.05) is 18.8 Å². The van der Waals surface area contributed by atoms with E-state index in [2.05, 4.69) is 10.4 Å². The summed E-state index contributed by atoms with van der Waals surface area (Å²) in [5, 5.41) is 5.70. The fourth-order valence-electron chi connectivity index (χ4n) is 2.47. The van der Waals surface area contributed by atoms with Crippen LogP contribution >= 0.6 is 0 Å². The van der Waals surface area contributed by atoms with Gasteiger partial charge in [-0.05, 0) is 36.4 Å². The molecule has 146 valence electrons. The Morgan fingerprint density at radius 3 is 2.11 bits per heavy atom. The number of carbonyl (C=O) groups is 1. The van der Waals surface area contributed by atoms with Crippen molar-refractivity contribution in [3.63, 3.8) is 0 Å². The zero-order valence-corrected chi connectivity index (χ0v) is 15.3. The highest BCUT2D eigenvalue weighted by molar-refractivity contribution is 7.91. The van der Waals surface area contributed by atoms with Crippen LogP contribution in [0.15, 0.2) is 70.5 Å². The maximum atomic E-state index is 12.7. The number of carbonyl (C=O) groups excluding carboxylic acids is 1. The molecule has 2 aromatic carbocycles. The lowest BCUT2D eigenvalue weighted by Gasteiger charge is -2.08. The maximum Gasteiger partial charge on any atom is 0.435 e. The summed E-state index contributed by atoms with van der Waals surface area (Å²) in [5.74, 6) is -0.802. The molecule has 0 unspecified atom stereocenters. The number of aryl methyl sites for hydroxylation is 1. The molecule has 0 saturated carbocycles. The Hall–Kier alpha value is -3.14. The van der Waals surface area contributed by atoms with Crippen molar-refractivity contribution in [2.24, 2.45) is 7.05 Å². The van der Waals surface area contributed by atoms with Crippen molar-refractivity contribution in [1.29, 1.82) is 0 Å². The van der Waals surface area contributed by atoms with Gasteiger partial charge in [0.15, 0.2) is 5.69 Å². The molecule has 6 nitrogen and oxygen atoms in total. The van der Waals surface area contributed by atoms with Crippen molar-refractivity contribution in [2.45, 2.75) is 16.0 Å². The van der Waals surface area contributed by atoms with Crippen molar-refractivity contribution in [3.05, 3.63) is 72.1 Å². The van der Waals surface area contributed by atoms with Crippen molar-refractivity contribution in [3.8, 4) is 0 Å². The summed E-state index contributed by atoms with van der Waals surface area (Å²) in [6.45, 7) is 0. The second kappa shape index (κ2) is 7.12. The smallest absolute Gasteiger partial charge is 0.321 e. The van der Waals surface area contributed by atoms with E-state index in [-0.39, 0.29) is 21.2 Å². The average molecular weight is 409 g/mol. The monoisotopic (exact) mass is 409 g/mol. The maximum absolute atomic E-state index is 12.7. The van der Waals surface area contributed by atoms with Gasteiger partial charge in [-0.25, -0.2) is 8.42 Å². The summed E-state index contributed by atoms with van der Waals surface area (Å²) >= 11 is 0. The minimum Gasteiger partial charge on any atom is -0.321 e. The van der Waals surface area contributed by atoms with Crippen LogP contribution in [0.5, 0.6) is 0 Å². The Kier molecular flexibility index (Phi) is 4.99. The predicted molar refractivity (Wildman–Crippen MR) is 94.5 cm³/mol. The number of halogens is 3. The highest BCUT2D eigenvalue weighted by atomic mass is 32.2. The zero-order valence-electron chi connectivity index (χ0n) is 14.4. The number of anilines is 1. The van der Waals surface area contributed by atoms with Crippen molar-refractivity contribution in [2.75, 3.05) is 5.32 Å². The molecule has 0 fully saturated rings. The summed E-state index contributed by atoms with van der Waals surface area (Å²) in [7, 11) is -2.49. The zero-order chi connectivity index (χ0) is 20.5. The molecule has 3 aromatic rings. The van der Waals surface area contributed by atoms with E-state index in [9.17, 15) is 26.4 Å². The first-order valence-corrected chi connectivity index (χ1v) is 9.40. The van der Waals surface area contributed by atoms with Crippen LogP contribution in [-0.4, -0.2) is 24.1 Å². The minimum absolute atomic E-state index is 0.0246. The van der Waals surface area contributed by atoms with E-state index in [0.717, 1.165) is 4.68 Å². The predicted octanol–water partition coefficient (Wildman–Crippen LogP) is 3.52. The minimum atomic E-state index is -4.66. The molecule has 0 spiro atoms. The third-order valence-corrected chi connectivity index (χ3v) is 5.66. The third kappa shape index (κ3) is 3.91. The lowest BCUT2D eigenvalue weighted by atomic mass is 10.3. The molecule has 0 aliphatic heterocycles. The normalized spacial score (nSPS) is 12.0. The van der Waals surface area contributed by atoms with E-state index < -0.39 is 27.6 Å². The second-order valence-corrected chi connectivity index (χ2v) is 7.78. The van der Waals surface area contributed by atoms with Gasteiger partial charge in [-0.2, -0.15) is 18.3 Å². The summed E-state index contributed by atoms with van der Waals surface area (Å²) in [4.78, 5) is 12.4. The number of hydrogen-bond acceptors (Lipinski definition) is 4. The largest absolute Gasteiger partial charge is 0.435 e. The average Bonchev–Trinajstić information content (AvgIpc) is 3.05. The molecule has 1 aromatic heterocycles. The molecule has 10 heteroatoms. The summed E-state index contributed by atoms with van der Waals surface area (Å²) in [5.41, 5.74) is -1.23. The molecule has 0 aliphatic carbocycles. The van der Waals surface area contributed by atoms with E-state index in [1.54, 1.807) is 18.2 Å². The van der Waals surface area contributed by atoms with Crippen LogP contribution in [0.25, 0.3) is 0 Å². The SMILES string of the molecule is Cn1nc(C(F)(F)F)cc1C(=O)Nc1ccc(S(=O)(=O)c2ccccc2)cc1. The van der Waals surface area contributed by atoms with Crippen LogP contribution in [0, 0.1) is 0 Å². The number of alkyl halides is 3. The molecule has 0 radical (unpaired) electrons. The second-order valence-electron chi connectivity index (χ2n) is 5.83. The Labute approximate surface area is 158 Å². The first-order chi connectivity index (χ1) is 13.1. The van der Waals surface area contributed by atoms with Crippen LogP contribution in [0.1, 0.15) is 16.2 Å². The van der Waals surface area contributed by atoms with Crippen LogP contribution in [-0.2, 0) is 23.1 Å². The van der Waals surface area contributed by atoms with E-state index >= 15 is 0 Å². The third-order valence-electron chi connectivity index (χ3n) is 3.88. The van der Waals surface area contributed by atoms with Crippen molar-refractivity contribution in [1.82, 2.24) is 9.78 Å². The quantitative estimate of drug-likeness (QED) is 0.715. The van der Waals surface area contributed by atoms with Gasteiger partial charge in [-0.3, -0.25) is 9.48 Å². The number of amides is 1. The standard InChI is InChI=1S/C18H14F3N3O3S/c1-24-15(11-16(23-24)18(19,20)21)17(25)22-12-7-9-14(10-8-12)28(26,27)13-5-3-2-4-6-13/h2-11H,1H3,(H,22,25). The molecular formula is C18H14F3N3O3S. The first kappa shape index (κ1) is 19.6. The van der Waals surface area contributed by atoms with E-state index in [1.807, 2.05) is 0 Å². The highest BCUT2D eigenvalue weighted by Crippen LogP contribution is 2.28. The number of nitrogens with one attached hydrogen (secondary N) is 1. The van der Waals surface area contributed by atoms with Gasteiger partial charge in [0.25, 0.3) is 5.91 Å². The molecule has 0 bridgehead atoms. The van der Waals surface area contributed by atoms with Crippen molar-refractivity contribution >= 4 is 21.4 Å². The number of aromatic nitrogens is 2. The van der Waals surface area contributed by atoms with Crippen molar-refractivity contribution < 1.29 is 26.4 Å². The number of rotatable bonds is 4. The van der Waals surface area contributed by atoms with Gasteiger partial charge in [0.2, 0.25) is 9.84 Å². The van der Waals surface area contributed by atoms with Crippen LogP contribution in [0.4, 0.5) is 18.9 Å². The van der Waals surface area contributed by atoms with Gasteiger partial charge in [-0.1, -0.05) is 18.2 Å². The molecule has 0 aliphatic rings. The lowest BCUT2D eigenvalue weighted by molar-refractivity contribution is -0.141. The molecule has 0 atom stereocenters. The van der Waals surface area contributed by atoms with E-state index in [1.165, 1.54) is 43.4 Å². The summed E-state index contributed by atoms with van der Waals surface area (Å²) in [6.07, 6.45) is -4.66. The fourth-order valence-corrected chi connectivity index (χ4v) is 3.75. The number of sulfone groups is 1. The molecular weight excluding hydrogens is 395 g/mol. The molecule has 3 rings (SSSR count). The Morgan fingerprint density at radius 2 is 1.57 bits per heavy atom. The molecule has 1 amide bonds. The van der Waals surface area contributed by atoms with Crippen LogP contribution < -0.4 is 5.32 Å².